The fourth-order valence-electron chi connectivity index (χ4n) is 2.22. The summed E-state index contributed by atoms with van der Waals surface area (Å²) in [6.45, 7) is 16.2. The molecule has 24 heavy (non-hydrogen) atoms. The standard InChI is InChI=1S/C18H31O5P/c1-16(2,3)13-10-12(19)11-14(15(13)20)24(21,22-17(4,5)6)23-18(7,8)9/h10-11,19-20H,1-9H3. The molecule has 0 fully saturated rings. The highest BCUT2D eigenvalue weighted by molar-refractivity contribution is 7.62. The van der Waals surface area contributed by atoms with Crippen molar-refractivity contribution in [1.82, 2.24) is 0 Å². The van der Waals surface area contributed by atoms with Gasteiger partial charge in [0, 0.05) is 5.56 Å². The first kappa shape index (κ1) is 21.0. The van der Waals surface area contributed by atoms with Gasteiger partial charge in [0.25, 0.3) is 0 Å². The lowest BCUT2D eigenvalue weighted by Crippen LogP contribution is -2.29. The number of aromatic hydroxyl groups is 2. The van der Waals surface area contributed by atoms with Crippen molar-refractivity contribution in [2.75, 3.05) is 0 Å². The molecule has 0 saturated heterocycles. The fourth-order valence-corrected chi connectivity index (χ4v) is 4.57. The van der Waals surface area contributed by atoms with E-state index in [-0.39, 0.29) is 16.8 Å². The van der Waals surface area contributed by atoms with Crippen LogP contribution in [0.3, 0.4) is 0 Å². The average Bonchev–Trinajstić information content (AvgIpc) is 2.24. The van der Waals surface area contributed by atoms with Crippen LogP contribution < -0.4 is 5.30 Å². The molecule has 1 aromatic rings. The van der Waals surface area contributed by atoms with Gasteiger partial charge < -0.3 is 10.2 Å². The molecule has 1 rings (SSSR count). The maximum Gasteiger partial charge on any atom is 0.366 e. The second-order valence-corrected chi connectivity index (χ2v) is 10.9. The summed E-state index contributed by atoms with van der Waals surface area (Å²) in [4.78, 5) is 0. The van der Waals surface area contributed by atoms with Crippen LogP contribution in [0.1, 0.15) is 67.9 Å². The Morgan fingerprint density at radius 1 is 0.833 bits per heavy atom. The third-order valence-electron chi connectivity index (χ3n) is 2.97. The number of benzene rings is 1. The van der Waals surface area contributed by atoms with Crippen LogP contribution in [0.2, 0.25) is 0 Å². The van der Waals surface area contributed by atoms with Gasteiger partial charge in [-0.25, -0.2) is 0 Å². The first-order chi connectivity index (χ1) is 10.4. The van der Waals surface area contributed by atoms with Gasteiger partial charge in [0.1, 0.15) is 16.8 Å². The number of hydrogen-bond acceptors (Lipinski definition) is 5. The van der Waals surface area contributed by atoms with Crippen molar-refractivity contribution < 1.29 is 23.8 Å². The lowest BCUT2D eigenvalue weighted by molar-refractivity contribution is 0.0546. The second kappa shape index (κ2) is 6.36. The molecule has 0 heterocycles. The normalized spacial score (nSPS) is 14.0. The Bertz CT molecular complexity index is 625. The fraction of sp³-hybridized carbons (Fsp3) is 0.667. The zero-order valence-corrected chi connectivity index (χ0v) is 17.1. The molecule has 0 bridgehead atoms. The van der Waals surface area contributed by atoms with E-state index in [2.05, 4.69) is 0 Å². The van der Waals surface area contributed by atoms with Crippen LogP contribution in [0.25, 0.3) is 0 Å². The van der Waals surface area contributed by atoms with Crippen LogP contribution in [0, 0.1) is 0 Å². The van der Waals surface area contributed by atoms with Crippen molar-refractivity contribution in [2.24, 2.45) is 0 Å². The summed E-state index contributed by atoms with van der Waals surface area (Å²) < 4.78 is 25.1. The first-order valence-electron chi connectivity index (χ1n) is 8.03. The van der Waals surface area contributed by atoms with Gasteiger partial charge in [0.05, 0.1) is 11.2 Å². The average molecular weight is 358 g/mol. The van der Waals surface area contributed by atoms with Crippen molar-refractivity contribution in [3.63, 3.8) is 0 Å². The van der Waals surface area contributed by atoms with E-state index in [1.165, 1.54) is 12.1 Å². The van der Waals surface area contributed by atoms with E-state index < -0.39 is 24.2 Å². The number of hydrogen-bond donors (Lipinski definition) is 2. The summed E-state index contributed by atoms with van der Waals surface area (Å²) in [5.41, 5.74) is -1.50. The maximum absolute atomic E-state index is 13.6. The molecule has 0 atom stereocenters. The largest absolute Gasteiger partial charge is 0.508 e. The highest BCUT2D eigenvalue weighted by Gasteiger charge is 2.41. The van der Waals surface area contributed by atoms with Crippen molar-refractivity contribution in [3.8, 4) is 11.5 Å². The van der Waals surface area contributed by atoms with E-state index in [0.717, 1.165) is 0 Å². The summed E-state index contributed by atoms with van der Waals surface area (Å²) in [7, 11) is -3.89. The highest BCUT2D eigenvalue weighted by Crippen LogP contribution is 2.56. The van der Waals surface area contributed by atoms with Gasteiger partial charge in [-0.15, -0.1) is 0 Å². The van der Waals surface area contributed by atoms with Crippen LogP contribution in [-0.4, -0.2) is 21.4 Å². The van der Waals surface area contributed by atoms with E-state index in [1.807, 2.05) is 20.8 Å². The summed E-state index contributed by atoms with van der Waals surface area (Å²) in [6.07, 6.45) is 0. The van der Waals surface area contributed by atoms with Gasteiger partial charge in [-0.2, -0.15) is 0 Å². The smallest absolute Gasteiger partial charge is 0.366 e. The predicted octanol–water partition coefficient (Wildman–Crippen LogP) is 4.84. The number of phenolic OH excluding ortho intramolecular Hbond substituents is 2. The van der Waals surface area contributed by atoms with Crippen molar-refractivity contribution in [1.29, 1.82) is 0 Å². The van der Waals surface area contributed by atoms with E-state index in [1.54, 1.807) is 41.5 Å². The van der Waals surface area contributed by atoms with Gasteiger partial charge in [-0.3, -0.25) is 13.6 Å². The van der Waals surface area contributed by atoms with Crippen LogP contribution in [-0.2, 0) is 19.0 Å². The lowest BCUT2D eigenvalue weighted by Gasteiger charge is -2.33. The van der Waals surface area contributed by atoms with E-state index >= 15 is 0 Å². The summed E-state index contributed by atoms with van der Waals surface area (Å²) in [6, 6.07) is 2.72. The summed E-state index contributed by atoms with van der Waals surface area (Å²) in [5.74, 6) is -0.264. The molecular weight excluding hydrogens is 327 g/mol. The Kier molecular flexibility index (Phi) is 5.57. The number of rotatable bonds is 3. The van der Waals surface area contributed by atoms with E-state index in [4.69, 9.17) is 9.05 Å². The van der Waals surface area contributed by atoms with Crippen LogP contribution >= 0.6 is 7.60 Å². The minimum absolute atomic E-state index is 0.0164. The third-order valence-corrected chi connectivity index (χ3v) is 5.47. The monoisotopic (exact) mass is 358 g/mol. The Labute approximate surface area is 145 Å². The quantitative estimate of drug-likeness (QED) is 0.597. The molecule has 0 aliphatic heterocycles. The lowest BCUT2D eigenvalue weighted by atomic mass is 9.86. The van der Waals surface area contributed by atoms with Crippen LogP contribution in [0.4, 0.5) is 0 Å². The predicted molar refractivity (Wildman–Crippen MR) is 97.4 cm³/mol. The molecule has 2 N–H and O–H groups in total. The maximum atomic E-state index is 13.6. The molecule has 6 heteroatoms. The van der Waals surface area contributed by atoms with Crippen molar-refractivity contribution in [3.05, 3.63) is 17.7 Å². The zero-order chi connectivity index (χ0) is 19.1. The third kappa shape index (κ3) is 5.51. The second-order valence-electron chi connectivity index (χ2n) is 9.02. The number of phenols is 2. The molecule has 0 aliphatic rings. The minimum atomic E-state index is -3.89. The Hall–Kier alpha value is -1.03. The van der Waals surface area contributed by atoms with Crippen LogP contribution in [0.15, 0.2) is 12.1 Å². The molecule has 0 radical (unpaired) electrons. The Morgan fingerprint density at radius 3 is 1.58 bits per heavy atom. The highest BCUT2D eigenvalue weighted by atomic mass is 31.2. The molecule has 1 aromatic carbocycles. The van der Waals surface area contributed by atoms with Gasteiger partial charge >= 0.3 is 7.60 Å². The van der Waals surface area contributed by atoms with Gasteiger partial charge in [-0.1, -0.05) is 20.8 Å². The molecule has 0 amide bonds. The van der Waals surface area contributed by atoms with E-state index in [0.29, 0.717) is 5.56 Å². The zero-order valence-electron chi connectivity index (χ0n) is 16.2. The molecule has 0 saturated carbocycles. The molecule has 0 unspecified atom stereocenters. The molecule has 0 spiro atoms. The summed E-state index contributed by atoms with van der Waals surface area (Å²) in [5, 5.41) is 20.8. The van der Waals surface area contributed by atoms with Gasteiger partial charge in [-0.05, 0) is 59.1 Å². The Balaban J connectivity index is 3.66. The van der Waals surface area contributed by atoms with Gasteiger partial charge in [0.2, 0.25) is 0 Å². The van der Waals surface area contributed by atoms with Crippen LogP contribution in [0.5, 0.6) is 11.5 Å². The molecule has 138 valence electrons. The van der Waals surface area contributed by atoms with Crippen molar-refractivity contribution >= 4 is 12.9 Å². The van der Waals surface area contributed by atoms with Crippen molar-refractivity contribution in [2.45, 2.75) is 78.9 Å². The van der Waals surface area contributed by atoms with E-state index in [9.17, 15) is 14.8 Å². The SMILES string of the molecule is CC(C)(C)OP(=O)(OC(C)(C)C)c1cc(O)cc(C(C)(C)C)c1O. The Morgan fingerprint density at radius 2 is 1.25 bits per heavy atom. The molecule has 0 aliphatic carbocycles. The molecule has 0 aromatic heterocycles. The molecular formula is C18H31O5P. The van der Waals surface area contributed by atoms with Gasteiger partial charge in [0.15, 0.2) is 0 Å². The summed E-state index contributed by atoms with van der Waals surface area (Å²) >= 11 is 0. The first-order valence-corrected chi connectivity index (χ1v) is 9.57. The minimum Gasteiger partial charge on any atom is -0.508 e. The topological polar surface area (TPSA) is 76.0 Å². The molecule has 5 nitrogen and oxygen atoms in total.